The number of likely N-dealkylation sites (N-methyl/N-ethyl adjacent to an activating group) is 1. The van der Waals surface area contributed by atoms with Crippen LogP contribution in [0.25, 0.3) is 0 Å². The van der Waals surface area contributed by atoms with Crippen LogP contribution in [-0.2, 0) is 4.79 Å². The Kier molecular flexibility index (Phi) is 7.55. The van der Waals surface area contributed by atoms with Gasteiger partial charge in [0.2, 0.25) is 5.91 Å². The van der Waals surface area contributed by atoms with Gasteiger partial charge in [-0.15, -0.1) is 0 Å². The van der Waals surface area contributed by atoms with E-state index in [1.165, 1.54) is 6.07 Å². The lowest BCUT2D eigenvalue weighted by atomic mass is 10.1. The highest BCUT2D eigenvalue weighted by Crippen LogP contribution is 2.29. The second-order valence-electron chi connectivity index (χ2n) is 7.36. The highest BCUT2D eigenvalue weighted by Gasteiger charge is 2.24. The van der Waals surface area contributed by atoms with E-state index in [1.807, 2.05) is 42.2 Å². The lowest BCUT2D eigenvalue weighted by Crippen LogP contribution is -2.40. The molecule has 0 aromatic heterocycles. The summed E-state index contributed by atoms with van der Waals surface area (Å²) >= 11 is 0. The number of nitro benzene ring substituents is 1. The van der Waals surface area contributed by atoms with Crippen molar-refractivity contribution in [3.05, 3.63) is 64.2 Å². The molecule has 0 spiro atoms. The number of para-hydroxylation sites is 1. The lowest BCUT2D eigenvalue weighted by Gasteiger charge is -2.22. The molecular weight excluding hydrogens is 398 g/mol. The SMILES string of the molecule is CCNC(=O)CN1CCCN(C(=O)c2ccc(Nc3ccccc3)c([N+](=O)[O-])c2)CC1. The van der Waals surface area contributed by atoms with Crippen LogP contribution in [0.4, 0.5) is 17.1 Å². The molecular formula is C22H27N5O4. The van der Waals surface area contributed by atoms with E-state index < -0.39 is 4.92 Å². The van der Waals surface area contributed by atoms with Crippen LogP contribution in [0.5, 0.6) is 0 Å². The van der Waals surface area contributed by atoms with Gasteiger partial charge in [-0.2, -0.15) is 0 Å². The fraction of sp³-hybridized carbons (Fsp3) is 0.364. The maximum absolute atomic E-state index is 13.0. The van der Waals surface area contributed by atoms with Crippen LogP contribution in [0.1, 0.15) is 23.7 Å². The third-order valence-corrected chi connectivity index (χ3v) is 5.11. The number of hydrogen-bond donors (Lipinski definition) is 2. The summed E-state index contributed by atoms with van der Waals surface area (Å²) in [5.41, 5.74) is 1.19. The summed E-state index contributed by atoms with van der Waals surface area (Å²) in [5, 5.41) is 17.4. The second kappa shape index (κ2) is 10.5. The molecule has 2 aromatic carbocycles. The number of nitrogens with zero attached hydrogens (tertiary/aromatic N) is 3. The third kappa shape index (κ3) is 6.02. The van der Waals surface area contributed by atoms with E-state index in [-0.39, 0.29) is 23.1 Å². The molecule has 0 radical (unpaired) electrons. The Labute approximate surface area is 181 Å². The van der Waals surface area contributed by atoms with Crippen molar-refractivity contribution in [3.63, 3.8) is 0 Å². The number of carbonyl (C=O) groups excluding carboxylic acids is 2. The number of nitrogens with one attached hydrogen (secondary N) is 2. The Morgan fingerprint density at radius 2 is 1.84 bits per heavy atom. The molecule has 0 aliphatic carbocycles. The number of rotatable bonds is 7. The summed E-state index contributed by atoms with van der Waals surface area (Å²) < 4.78 is 0. The molecule has 1 aliphatic rings. The fourth-order valence-electron chi connectivity index (χ4n) is 3.57. The zero-order valence-corrected chi connectivity index (χ0v) is 17.5. The molecule has 1 aliphatic heterocycles. The summed E-state index contributed by atoms with van der Waals surface area (Å²) in [6.45, 7) is 5.09. The highest BCUT2D eigenvalue weighted by atomic mass is 16.6. The Balaban J connectivity index is 1.70. The Morgan fingerprint density at radius 3 is 2.55 bits per heavy atom. The lowest BCUT2D eigenvalue weighted by molar-refractivity contribution is -0.383. The van der Waals surface area contributed by atoms with Gasteiger partial charge in [0.05, 0.1) is 11.5 Å². The topological polar surface area (TPSA) is 108 Å². The van der Waals surface area contributed by atoms with Gasteiger partial charge in [0, 0.05) is 50.0 Å². The minimum Gasteiger partial charge on any atom is -0.355 e. The van der Waals surface area contributed by atoms with Gasteiger partial charge in [-0.25, -0.2) is 0 Å². The molecule has 0 bridgehead atoms. The fourth-order valence-corrected chi connectivity index (χ4v) is 3.57. The van der Waals surface area contributed by atoms with Crippen LogP contribution in [0.3, 0.4) is 0 Å². The van der Waals surface area contributed by atoms with Crippen LogP contribution >= 0.6 is 0 Å². The van der Waals surface area contributed by atoms with E-state index in [0.717, 1.165) is 18.7 Å². The molecule has 31 heavy (non-hydrogen) atoms. The van der Waals surface area contributed by atoms with E-state index in [9.17, 15) is 19.7 Å². The minimum absolute atomic E-state index is 0.0283. The van der Waals surface area contributed by atoms with Crippen molar-refractivity contribution in [1.82, 2.24) is 15.1 Å². The Morgan fingerprint density at radius 1 is 1.06 bits per heavy atom. The van der Waals surface area contributed by atoms with Gasteiger partial charge in [0.25, 0.3) is 11.6 Å². The van der Waals surface area contributed by atoms with Gasteiger partial charge >= 0.3 is 0 Å². The molecule has 9 heteroatoms. The first-order valence-corrected chi connectivity index (χ1v) is 10.4. The Bertz CT molecular complexity index is 935. The molecule has 1 heterocycles. The maximum Gasteiger partial charge on any atom is 0.293 e. The van der Waals surface area contributed by atoms with Crippen LogP contribution in [0.15, 0.2) is 48.5 Å². The number of carbonyl (C=O) groups is 2. The average molecular weight is 425 g/mol. The average Bonchev–Trinajstić information content (AvgIpc) is 3.00. The monoisotopic (exact) mass is 425 g/mol. The summed E-state index contributed by atoms with van der Waals surface area (Å²) in [5.74, 6) is -0.270. The van der Waals surface area contributed by atoms with Gasteiger partial charge in [-0.05, 0) is 37.6 Å². The van der Waals surface area contributed by atoms with E-state index >= 15 is 0 Å². The zero-order valence-electron chi connectivity index (χ0n) is 17.5. The van der Waals surface area contributed by atoms with E-state index in [2.05, 4.69) is 10.6 Å². The summed E-state index contributed by atoms with van der Waals surface area (Å²) in [4.78, 5) is 39.7. The molecule has 2 aromatic rings. The van der Waals surface area contributed by atoms with Gasteiger partial charge in [-0.1, -0.05) is 18.2 Å². The number of amides is 2. The van der Waals surface area contributed by atoms with E-state index in [1.54, 1.807) is 17.0 Å². The number of benzene rings is 2. The molecule has 0 saturated carbocycles. The van der Waals surface area contributed by atoms with Gasteiger partial charge in [-0.3, -0.25) is 24.6 Å². The van der Waals surface area contributed by atoms with Crippen LogP contribution in [0.2, 0.25) is 0 Å². The predicted octanol–water partition coefficient (Wildman–Crippen LogP) is 2.62. The second-order valence-corrected chi connectivity index (χ2v) is 7.36. The molecule has 1 saturated heterocycles. The van der Waals surface area contributed by atoms with Crippen molar-refractivity contribution in [2.75, 3.05) is 44.6 Å². The number of hydrogen-bond acceptors (Lipinski definition) is 6. The number of anilines is 2. The molecule has 9 nitrogen and oxygen atoms in total. The molecule has 2 amide bonds. The molecule has 0 unspecified atom stereocenters. The van der Waals surface area contributed by atoms with Crippen molar-refractivity contribution in [2.45, 2.75) is 13.3 Å². The third-order valence-electron chi connectivity index (χ3n) is 5.11. The highest BCUT2D eigenvalue weighted by molar-refractivity contribution is 5.96. The summed E-state index contributed by atoms with van der Waals surface area (Å²) in [6.07, 6.45) is 0.737. The summed E-state index contributed by atoms with van der Waals surface area (Å²) in [7, 11) is 0. The van der Waals surface area contributed by atoms with Crippen molar-refractivity contribution >= 4 is 28.9 Å². The van der Waals surface area contributed by atoms with Crippen molar-refractivity contribution in [3.8, 4) is 0 Å². The molecule has 0 atom stereocenters. The Hall–Kier alpha value is -3.46. The summed E-state index contributed by atoms with van der Waals surface area (Å²) in [6, 6.07) is 13.7. The van der Waals surface area contributed by atoms with Crippen LogP contribution in [0, 0.1) is 10.1 Å². The normalized spacial score (nSPS) is 14.5. The largest absolute Gasteiger partial charge is 0.355 e. The molecule has 164 valence electrons. The van der Waals surface area contributed by atoms with Gasteiger partial charge in [0.15, 0.2) is 0 Å². The van der Waals surface area contributed by atoms with E-state index in [0.29, 0.717) is 38.4 Å². The first-order valence-electron chi connectivity index (χ1n) is 10.4. The van der Waals surface area contributed by atoms with Crippen molar-refractivity contribution < 1.29 is 14.5 Å². The first kappa shape index (κ1) is 22.2. The van der Waals surface area contributed by atoms with Crippen LogP contribution < -0.4 is 10.6 Å². The predicted molar refractivity (Wildman–Crippen MR) is 118 cm³/mol. The number of nitro groups is 1. The quantitative estimate of drug-likeness (QED) is 0.522. The minimum atomic E-state index is -0.488. The van der Waals surface area contributed by atoms with Crippen molar-refractivity contribution in [1.29, 1.82) is 0 Å². The van der Waals surface area contributed by atoms with Crippen molar-refractivity contribution in [2.24, 2.45) is 0 Å². The zero-order chi connectivity index (χ0) is 22.2. The molecule has 1 fully saturated rings. The van der Waals surface area contributed by atoms with Crippen LogP contribution in [-0.4, -0.2) is 65.8 Å². The smallest absolute Gasteiger partial charge is 0.293 e. The molecule has 2 N–H and O–H groups in total. The standard InChI is InChI=1S/C22H27N5O4/c1-2-23-21(28)16-25-11-6-12-26(14-13-25)22(29)17-9-10-19(20(15-17)27(30)31)24-18-7-4-3-5-8-18/h3-5,7-10,15,24H,2,6,11-14,16H2,1H3,(H,23,28). The first-order chi connectivity index (χ1) is 15.0. The van der Waals surface area contributed by atoms with Gasteiger partial charge in [0.1, 0.15) is 5.69 Å². The maximum atomic E-state index is 13.0. The van der Waals surface area contributed by atoms with Gasteiger partial charge < -0.3 is 15.5 Å². The van der Waals surface area contributed by atoms with E-state index in [4.69, 9.17) is 0 Å². The molecule has 3 rings (SSSR count).